The van der Waals surface area contributed by atoms with Gasteiger partial charge in [-0.1, -0.05) is 13.8 Å². The second-order valence-electron chi connectivity index (χ2n) is 4.00. The summed E-state index contributed by atoms with van der Waals surface area (Å²) in [6, 6.07) is 0.0509. The van der Waals surface area contributed by atoms with E-state index < -0.39 is 6.23 Å². The van der Waals surface area contributed by atoms with E-state index in [1.165, 1.54) is 4.90 Å². The standard InChI is InChI=1S/C10H17NO2/c1-6(2)8-5-9(12)11(7(3)4)10(8)13/h5-7,9,12H,1-4H3. The second-order valence-corrected chi connectivity index (χ2v) is 4.00. The van der Waals surface area contributed by atoms with Gasteiger partial charge in [0, 0.05) is 11.6 Å². The normalized spacial score (nSPS) is 23.3. The van der Waals surface area contributed by atoms with Gasteiger partial charge >= 0.3 is 0 Å². The molecule has 74 valence electrons. The first kappa shape index (κ1) is 10.3. The molecule has 3 heteroatoms. The molecule has 1 amide bonds. The predicted molar refractivity (Wildman–Crippen MR) is 50.9 cm³/mol. The third kappa shape index (κ3) is 1.75. The number of amides is 1. The second kappa shape index (κ2) is 3.50. The Balaban J connectivity index is 2.86. The predicted octanol–water partition coefficient (Wildman–Crippen LogP) is 1.14. The summed E-state index contributed by atoms with van der Waals surface area (Å²) in [4.78, 5) is 13.2. The number of carbonyl (C=O) groups excluding carboxylic acids is 1. The molecule has 0 saturated heterocycles. The fourth-order valence-corrected chi connectivity index (χ4v) is 1.56. The van der Waals surface area contributed by atoms with E-state index in [9.17, 15) is 9.90 Å². The van der Waals surface area contributed by atoms with Gasteiger partial charge in [-0.15, -0.1) is 0 Å². The lowest BCUT2D eigenvalue weighted by Gasteiger charge is -2.25. The maximum absolute atomic E-state index is 11.7. The SMILES string of the molecule is CC(C)C1=CC(O)N(C(C)C)C1=O. The quantitative estimate of drug-likeness (QED) is 0.697. The van der Waals surface area contributed by atoms with Crippen LogP contribution in [-0.4, -0.2) is 28.2 Å². The minimum absolute atomic E-state index is 0.0301. The summed E-state index contributed by atoms with van der Waals surface area (Å²) < 4.78 is 0. The Morgan fingerprint density at radius 2 is 1.92 bits per heavy atom. The lowest BCUT2D eigenvalue weighted by atomic mass is 10.0. The Hall–Kier alpha value is -0.830. The molecule has 0 spiro atoms. The van der Waals surface area contributed by atoms with Crippen molar-refractivity contribution in [3.05, 3.63) is 11.6 Å². The van der Waals surface area contributed by atoms with Gasteiger partial charge in [-0.05, 0) is 25.8 Å². The highest BCUT2D eigenvalue weighted by molar-refractivity contribution is 5.96. The molecule has 1 N–H and O–H groups in total. The summed E-state index contributed by atoms with van der Waals surface area (Å²) in [5, 5.41) is 9.58. The summed E-state index contributed by atoms with van der Waals surface area (Å²) in [5.74, 6) is 0.156. The molecule has 13 heavy (non-hydrogen) atoms. The van der Waals surface area contributed by atoms with Crippen LogP contribution in [0.25, 0.3) is 0 Å². The van der Waals surface area contributed by atoms with Gasteiger partial charge in [0.2, 0.25) is 0 Å². The van der Waals surface area contributed by atoms with Gasteiger partial charge in [-0.2, -0.15) is 0 Å². The van der Waals surface area contributed by atoms with Crippen molar-refractivity contribution in [3.8, 4) is 0 Å². The van der Waals surface area contributed by atoms with Crippen LogP contribution in [0.4, 0.5) is 0 Å². The number of nitrogens with zero attached hydrogens (tertiary/aromatic N) is 1. The van der Waals surface area contributed by atoms with Crippen molar-refractivity contribution < 1.29 is 9.90 Å². The molecule has 0 aliphatic carbocycles. The van der Waals surface area contributed by atoms with Crippen LogP contribution in [0.3, 0.4) is 0 Å². The maximum atomic E-state index is 11.7. The van der Waals surface area contributed by atoms with Crippen LogP contribution in [0.2, 0.25) is 0 Å². The molecule has 1 atom stereocenters. The van der Waals surface area contributed by atoms with Crippen molar-refractivity contribution in [3.63, 3.8) is 0 Å². The van der Waals surface area contributed by atoms with Crippen molar-refractivity contribution >= 4 is 5.91 Å². The molecule has 1 rings (SSSR count). The van der Waals surface area contributed by atoms with Crippen molar-refractivity contribution in [2.45, 2.75) is 40.0 Å². The highest BCUT2D eigenvalue weighted by Crippen LogP contribution is 2.24. The average Bonchev–Trinajstić information content (AvgIpc) is 2.26. The molecule has 3 nitrogen and oxygen atoms in total. The van der Waals surface area contributed by atoms with Gasteiger partial charge in [0.05, 0.1) is 0 Å². The largest absolute Gasteiger partial charge is 0.370 e. The first-order valence-corrected chi connectivity index (χ1v) is 4.67. The molecule has 1 aliphatic heterocycles. The molecule has 0 aromatic carbocycles. The number of hydrogen-bond donors (Lipinski definition) is 1. The smallest absolute Gasteiger partial charge is 0.252 e. The molecule has 1 unspecified atom stereocenters. The van der Waals surface area contributed by atoms with Crippen LogP contribution >= 0.6 is 0 Å². The molecule has 0 aromatic heterocycles. The van der Waals surface area contributed by atoms with E-state index in [0.29, 0.717) is 0 Å². The van der Waals surface area contributed by atoms with Crippen LogP contribution in [0.5, 0.6) is 0 Å². The fraction of sp³-hybridized carbons (Fsp3) is 0.700. The Morgan fingerprint density at radius 3 is 2.15 bits per heavy atom. The first-order chi connectivity index (χ1) is 5.95. The zero-order valence-electron chi connectivity index (χ0n) is 8.61. The first-order valence-electron chi connectivity index (χ1n) is 4.67. The van der Waals surface area contributed by atoms with E-state index in [-0.39, 0.29) is 17.9 Å². The van der Waals surface area contributed by atoms with Crippen molar-refractivity contribution in [2.24, 2.45) is 5.92 Å². The van der Waals surface area contributed by atoms with Gasteiger partial charge in [0.1, 0.15) is 6.23 Å². The maximum Gasteiger partial charge on any atom is 0.252 e. The Bertz CT molecular complexity index is 243. The summed E-state index contributed by atoms with van der Waals surface area (Å²) in [6.45, 7) is 7.72. The molecule has 1 heterocycles. The summed E-state index contributed by atoms with van der Waals surface area (Å²) in [7, 11) is 0. The lowest BCUT2D eigenvalue weighted by Crippen LogP contribution is -2.40. The van der Waals surface area contributed by atoms with E-state index >= 15 is 0 Å². The van der Waals surface area contributed by atoms with E-state index in [4.69, 9.17) is 0 Å². The van der Waals surface area contributed by atoms with Gasteiger partial charge in [0.25, 0.3) is 5.91 Å². The topological polar surface area (TPSA) is 40.5 Å². The zero-order valence-corrected chi connectivity index (χ0v) is 8.61. The van der Waals surface area contributed by atoms with Gasteiger partial charge < -0.3 is 10.0 Å². The Labute approximate surface area is 79.0 Å². The summed E-state index contributed by atoms with van der Waals surface area (Å²) in [6.07, 6.45) is 0.914. The highest BCUT2D eigenvalue weighted by atomic mass is 16.3. The summed E-state index contributed by atoms with van der Waals surface area (Å²) >= 11 is 0. The van der Waals surface area contributed by atoms with E-state index in [1.54, 1.807) is 6.08 Å². The molecule has 0 fully saturated rings. The van der Waals surface area contributed by atoms with Crippen LogP contribution < -0.4 is 0 Å². The van der Waals surface area contributed by atoms with E-state index in [1.807, 2.05) is 27.7 Å². The lowest BCUT2D eigenvalue weighted by molar-refractivity contribution is -0.134. The minimum Gasteiger partial charge on any atom is -0.370 e. The third-order valence-corrected chi connectivity index (χ3v) is 2.27. The van der Waals surface area contributed by atoms with Crippen LogP contribution in [0.15, 0.2) is 11.6 Å². The fourth-order valence-electron chi connectivity index (χ4n) is 1.56. The van der Waals surface area contributed by atoms with Crippen LogP contribution in [-0.2, 0) is 4.79 Å². The zero-order chi connectivity index (χ0) is 10.2. The molecule has 0 saturated carbocycles. The number of carbonyl (C=O) groups is 1. The van der Waals surface area contributed by atoms with Gasteiger partial charge in [-0.3, -0.25) is 4.79 Å². The Morgan fingerprint density at radius 1 is 1.38 bits per heavy atom. The van der Waals surface area contributed by atoms with Crippen molar-refractivity contribution in [1.29, 1.82) is 0 Å². The minimum atomic E-state index is -0.732. The third-order valence-electron chi connectivity index (χ3n) is 2.27. The average molecular weight is 183 g/mol. The summed E-state index contributed by atoms with van der Waals surface area (Å²) in [5.41, 5.74) is 0.723. The van der Waals surface area contributed by atoms with Crippen LogP contribution in [0.1, 0.15) is 27.7 Å². The number of hydrogen-bond acceptors (Lipinski definition) is 2. The molecule has 0 aromatic rings. The molecule has 1 aliphatic rings. The van der Waals surface area contributed by atoms with Crippen molar-refractivity contribution in [1.82, 2.24) is 4.90 Å². The molecule has 0 bridgehead atoms. The van der Waals surface area contributed by atoms with Gasteiger partial charge in [-0.25, -0.2) is 0 Å². The number of aliphatic hydroxyl groups excluding tert-OH is 1. The van der Waals surface area contributed by atoms with E-state index in [2.05, 4.69) is 0 Å². The van der Waals surface area contributed by atoms with E-state index in [0.717, 1.165) is 5.57 Å². The Kier molecular flexibility index (Phi) is 2.76. The molecule has 0 radical (unpaired) electrons. The highest BCUT2D eigenvalue weighted by Gasteiger charge is 2.33. The van der Waals surface area contributed by atoms with Crippen LogP contribution in [0, 0.1) is 5.92 Å². The molecular formula is C10H17NO2. The number of aliphatic hydroxyl groups is 1. The number of rotatable bonds is 2. The van der Waals surface area contributed by atoms with Crippen molar-refractivity contribution in [2.75, 3.05) is 0 Å². The monoisotopic (exact) mass is 183 g/mol. The molecular weight excluding hydrogens is 166 g/mol. The van der Waals surface area contributed by atoms with Gasteiger partial charge in [0.15, 0.2) is 0 Å².